The van der Waals surface area contributed by atoms with E-state index in [1.165, 1.54) is 5.56 Å². The molecule has 2 nitrogen and oxygen atoms in total. The minimum Gasteiger partial charge on any atom is -0.350 e. The molecule has 1 N–H and O–H groups in total. The van der Waals surface area contributed by atoms with E-state index < -0.39 is 0 Å². The van der Waals surface area contributed by atoms with Crippen LogP contribution in [0.1, 0.15) is 49.5 Å². The number of carbonyl (C=O) groups excluding carboxylic acids is 1. The third-order valence-electron chi connectivity index (χ3n) is 3.24. The minimum atomic E-state index is -0.00195. The number of rotatable bonds is 3. The van der Waals surface area contributed by atoms with Gasteiger partial charge in [0.05, 0.1) is 0 Å². The van der Waals surface area contributed by atoms with Gasteiger partial charge in [0.2, 0.25) is 0 Å². The van der Waals surface area contributed by atoms with E-state index in [1.807, 2.05) is 26.0 Å². The van der Waals surface area contributed by atoms with Gasteiger partial charge in [-0.3, -0.25) is 4.79 Å². The molecule has 2 heteroatoms. The van der Waals surface area contributed by atoms with Crippen LogP contribution in [0.25, 0.3) is 10.8 Å². The topological polar surface area (TPSA) is 29.1 Å². The Morgan fingerprint density at radius 3 is 2.42 bits per heavy atom. The van der Waals surface area contributed by atoms with E-state index >= 15 is 0 Å². The van der Waals surface area contributed by atoms with E-state index in [1.54, 1.807) is 0 Å². The van der Waals surface area contributed by atoms with Gasteiger partial charge in [0.1, 0.15) is 0 Å². The summed E-state index contributed by atoms with van der Waals surface area (Å²) in [5, 5.41) is 5.10. The molecule has 0 heterocycles. The maximum atomic E-state index is 12.2. The summed E-state index contributed by atoms with van der Waals surface area (Å²) in [6, 6.07) is 12.4. The summed E-state index contributed by atoms with van der Waals surface area (Å²) in [6.07, 6.45) is 0. The van der Waals surface area contributed by atoms with Gasteiger partial charge in [-0.1, -0.05) is 44.2 Å². The highest BCUT2D eigenvalue weighted by Gasteiger charge is 2.11. The monoisotopic (exact) mass is 255 g/mol. The van der Waals surface area contributed by atoms with Crippen LogP contribution in [0.5, 0.6) is 0 Å². The Kier molecular flexibility index (Phi) is 3.89. The third kappa shape index (κ3) is 2.95. The van der Waals surface area contributed by atoms with Gasteiger partial charge in [0.25, 0.3) is 5.91 Å². The van der Waals surface area contributed by atoms with Crippen LogP contribution in [0.2, 0.25) is 0 Å². The predicted octanol–water partition coefficient (Wildman–Crippen LogP) is 4.10. The zero-order valence-corrected chi connectivity index (χ0v) is 12.0. The van der Waals surface area contributed by atoms with E-state index in [4.69, 9.17) is 0 Å². The highest BCUT2D eigenvalue weighted by molar-refractivity contribution is 6.07. The Labute approximate surface area is 114 Å². The largest absolute Gasteiger partial charge is 0.350 e. The lowest BCUT2D eigenvalue weighted by Crippen LogP contribution is -2.30. The van der Waals surface area contributed by atoms with E-state index in [9.17, 15) is 4.79 Å². The van der Waals surface area contributed by atoms with Crippen LogP contribution in [0.15, 0.2) is 36.4 Å². The minimum absolute atomic E-state index is 0.00195. The van der Waals surface area contributed by atoms with Crippen LogP contribution in [0.4, 0.5) is 0 Å². The first-order valence-corrected chi connectivity index (χ1v) is 6.82. The number of hydrogen-bond donors (Lipinski definition) is 1. The fourth-order valence-corrected chi connectivity index (χ4v) is 2.20. The SMILES string of the molecule is CC(C)NC(=O)c1cccc2cc(C(C)C)ccc12. The van der Waals surface area contributed by atoms with Crippen molar-refractivity contribution >= 4 is 16.7 Å². The van der Waals surface area contributed by atoms with Crippen LogP contribution in [0, 0.1) is 0 Å². The zero-order chi connectivity index (χ0) is 14.0. The fraction of sp³-hybridized carbons (Fsp3) is 0.353. The molecule has 0 spiro atoms. The van der Waals surface area contributed by atoms with Crippen molar-refractivity contribution in [3.63, 3.8) is 0 Å². The average Bonchev–Trinajstić information content (AvgIpc) is 2.36. The first kappa shape index (κ1) is 13.6. The summed E-state index contributed by atoms with van der Waals surface area (Å²) in [4.78, 5) is 12.2. The Bertz CT molecular complexity index is 599. The Morgan fingerprint density at radius 2 is 1.79 bits per heavy atom. The Balaban J connectivity index is 2.49. The molecule has 0 saturated heterocycles. The molecule has 0 bridgehead atoms. The van der Waals surface area contributed by atoms with E-state index in [0.29, 0.717) is 5.92 Å². The lowest BCUT2D eigenvalue weighted by Gasteiger charge is -2.12. The molecule has 1 amide bonds. The second-order valence-electron chi connectivity index (χ2n) is 5.57. The lowest BCUT2D eigenvalue weighted by molar-refractivity contribution is 0.0945. The number of hydrogen-bond acceptors (Lipinski definition) is 1. The lowest BCUT2D eigenvalue weighted by atomic mass is 9.97. The molecule has 0 radical (unpaired) electrons. The summed E-state index contributed by atoms with van der Waals surface area (Å²) in [7, 11) is 0. The highest BCUT2D eigenvalue weighted by Crippen LogP contribution is 2.24. The summed E-state index contributed by atoms with van der Waals surface area (Å²) >= 11 is 0. The average molecular weight is 255 g/mol. The number of fused-ring (bicyclic) bond motifs is 1. The van der Waals surface area contributed by atoms with Crippen molar-refractivity contribution in [3.8, 4) is 0 Å². The van der Waals surface area contributed by atoms with Gasteiger partial charge in [0.15, 0.2) is 0 Å². The molecule has 0 atom stereocenters. The Morgan fingerprint density at radius 1 is 1.05 bits per heavy atom. The van der Waals surface area contributed by atoms with Gasteiger partial charge in [-0.25, -0.2) is 0 Å². The fourth-order valence-electron chi connectivity index (χ4n) is 2.20. The van der Waals surface area contributed by atoms with Crippen molar-refractivity contribution in [1.82, 2.24) is 5.32 Å². The molecule has 0 fully saturated rings. The summed E-state index contributed by atoms with van der Waals surface area (Å²) < 4.78 is 0. The van der Waals surface area contributed by atoms with Crippen LogP contribution in [-0.4, -0.2) is 11.9 Å². The van der Waals surface area contributed by atoms with Gasteiger partial charge in [0, 0.05) is 11.6 Å². The van der Waals surface area contributed by atoms with E-state index in [2.05, 4.69) is 43.4 Å². The quantitative estimate of drug-likeness (QED) is 0.879. The van der Waals surface area contributed by atoms with Gasteiger partial charge in [-0.05, 0) is 42.2 Å². The molecule has 100 valence electrons. The van der Waals surface area contributed by atoms with Crippen LogP contribution >= 0.6 is 0 Å². The van der Waals surface area contributed by atoms with E-state index in [-0.39, 0.29) is 11.9 Å². The standard InChI is InChI=1S/C17H21NO/c1-11(2)13-8-9-15-14(10-13)6-5-7-16(15)17(19)18-12(3)4/h5-12H,1-4H3,(H,18,19). The molecular weight excluding hydrogens is 234 g/mol. The second kappa shape index (κ2) is 5.43. The Hall–Kier alpha value is -1.83. The molecule has 0 aliphatic carbocycles. The molecule has 19 heavy (non-hydrogen) atoms. The normalized spacial score (nSPS) is 11.3. The third-order valence-corrected chi connectivity index (χ3v) is 3.24. The molecule has 0 aromatic heterocycles. The van der Waals surface area contributed by atoms with Gasteiger partial charge < -0.3 is 5.32 Å². The number of amides is 1. The second-order valence-corrected chi connectivity index (χ2v) is 5.57. The molecule has 2 aromatic carbocycles. The van der Waals surface area contributed by atoms with Crippen molar-refractivity contribution in [2.45, 2.75) is 39.7 Å². The maximum Gasteiger partial charge on any atom is 0.252 e. The summed E-state index contributed by atoms with van der Waals surface area (Å²) in [5.41, 5.74) is 2.05. The summed E-state index contributed by atoms with van der Waals surface area (Å²) in [6.45, 7) is 8.30. The maximum absolute atomic E-state index is 12.2. The predicted molar refractivity (Wildman–Crippen MR) is 80.6 cm³/mol. The van der Waals surface area contributed by atoms with Crippen molar-refractivity contribution < 1.29 is 4.79 Å². The molecule has 2 rings (SSSR count). The van der Waals surface area contributed by atoms with Gasteiger partial charge in [-0.15, -0.1) is 0 Å². The van der Waals surface area contributed by atoms with Crippen LogP contribution in [-0.2, 0) is 0 Å². The smallest absolute Gasteiger partial charge is 0.252 e. The number of nitrogens with one attached hydrogen (secondary N) is 1. The molecule has 2 aromatic rings. The molecule has 0 saturated carbocycles. The van der Waals surface area contributed by atoms with Crippen molar-refractivity contribution in [2.24, 2.45) is 0 Å². The number of carbonyl (C=O) groups is 1. The van der Waals surface area contributed by atoms with Gasteiger partial charge in [-0.2, -0.15) is 0 Å². The van der Waals surface area contributed by atoms with Crippen molar-refractivity contribution in [1.29, 1.82) is 0 Å². The van der Waals surface area contributed by atoms with Gasteiger partial charge >= 0.3 is 0 Å². The highest BCUT2D eigenvalue weighted by atomic mass is 16.1. The molecule has 0 aliphatic heterocycles. The molecular formula is C17H21NO. The first-order chi connectivity index (χ1) is 8.99. The molecule has 0 unspecified atom stereocenters. The first-order valence-electron chi connectivity index (χ1n) is 6.82. The number of benzene rings is 2. The molecule has 0 aliphatic rings. The van der Waals surface area contributed by atoms with Crippen LogP contribution < -0.4 is 5.32 Å². The van der Waals surface area contributed by atoms with Crippen molar-refractivity contribution in [3.05, 3.63) is 47.5 Å². The van der Waals surface area contributed by atoms with E-state index in [0.717, 1.165) is 16.3 Å². The summed E-state index contributed by atoms with van der Waals surface area (Å²) in [5.74, 6) is 0.496. The van der Waals surface area contributed by atoms with Crippen LogP contribution in [0.3, 0.4) is 0 Å². The zero-order valence-electron chi connectivity index (χ0n) is 12.0. The van der Waals surface area contributed by atoms with Crippen molar-refractivity contribution in [2.75, 3.05) is 0 Å².